The van der Waals surface area contributed by atoms with Crippen molar-refractivity contribution in [1.29, 1.82) is 0 Å². The lowest BCUT2D eigenvalue weighted by Gasteiger charge is -2.16. The quantitative estimate of drug-likeness (QED) is 0.721. The molecule has 0 saturated carbocycles. The Balaban J connectivity index is 1.82. The van der Waals surface area contributed by atoms with Crippen LogP contribution in [0.15, 0.2) is 29.4 Å². The molecule has 2 N–H and O–H groups in total. The molecule has 1 aliphatic rings. The van der Waals surface area contributed by atoms with Crippen LogP contribution in [0, 0.1) is 6.92 Å². The molecular formula is C17H23N3O4. The molecule has 2 amide bonds. The second-order valence-corrected chi connectivity index (χ2v) is 5.72. The summed E-state index contributed by atoms with van der Waals surface area (Å²) in [7, 11) is 1.56. The monoisotopic (exact) mass is 333 g/mol. The zero-order valence-electron chi connectivity index (χ0n) is 14.2. The van der Waals surface area contributed by atoms with Crippen LogP contribution < -0.4 is 10.6 Å². The van der Waals surface area contributed by atoms with Gasteiger partial charge in [-0.3, -0.25) is 9.59 Å². The Labute approximate surface area is 141 Å². The summed E-state index contributed by atoms with van der Waals surface area (Å²) in [6.45, 7) is 4.45. The van der Waals surface area contributed by atoms with Gasteiger partial charge in [0.25, 0.3) is 5.91 Å². The first-order valence-electron chi connectivity index (χ1n) is 7.88. The van der Waals surface area contributed by atoms with Crippen molar-refractivity contribution in [3.05, 3.63) is 35.4 Å². The smallest absolute Gasteiger partial charge is 0.264 e. The molecule has 0 saturated heterocycles. The van der Waals surface area contributed by atoms with Gasteiger partial charge in [-0.15, -0.1) is 0 Å². The molecule has 24 heavy (non-hydrogen) atoms. The summed E-state index contributed by atoms with van der Waals surface area (Å²) in [6.07, 6.45) is -0.331. The molecule has 0 aromatic heterocycles. The fraction of sp³-hybridized carbons (Fsp3) is 0.471. The van der Waals surface area contributed by atoms with Gasteiger partial charge in [0.1, 0.15) is 6.04 Å². The van der Waals surface area contributed by atoms with Gasteiger partial charge in [0.05, 0.1) is 12.3 Å². The molecule has 1 aromatic rings. The number of carbonyl (C=O) groups excluding carboxylic acids is 2. The molecule has 0 spiro atoms. The van der Waals surface area contributed by atoms with Gasteiger partial charge in [-0.1, -0.05) is 35.0 Å². The summed E-state index contributed by atoms with van der Waals surface area (Å²) in [5.41, 5.74) is 2.81. The van der Waals surface area contributed by atoms with E-state index in [1.54, 1.807) is 14.0 Å². The predicted molar refractivity (Wildman–Crippen MR) is 89.7 cm³/mol. The van der Waals surface area contributed by atoms with Crippen LogP contribution in [0.2, 0.25) is 0 Å². The third-order valence-corrected chi connectivity index (χ3v) is 3.70. The van der Waals surface area contributed by atoms with Gasteiger partial charge in [-0.25, -0.2) is 0 Å². The second-order valence-electron chi connectivity index (χ2n) is 5.72. The van der Waals surface area contributed by atoms with Gasteiger partial charge >= 0.3 is 0 Å². The maximum atomic E-state index is 12.2. The SMILES string of the molecule is COCCNC(=O)[C@H](C)NC(=O)[C@H]1CC(c2ccc(C)cc2)=NO1. The Morgan fingerprint density at radius 1 is 1.38 bits per heavy atom. The fourth-order valence-electron chi connectivity index (χ4n) is 2.24. The number of methoxy groups -OCH3 is 1. The molecule has 0 aliphatic carbocycles. The number of hydrogen-bond acceptors (Lipinski definition) is 5. The lowest BCUT2D eigenvalue weighted by Crippen LogP contribution is -2.48. The van der Waals surface area contributed by atoms with E-state index in [0.29, 0.717) is 19.6 Å². The number of nitrogens with zero attached hydrogens (tertiary/aromatic N) is 1. The summed E-state index contributed by atoms with van der Waals surface area (Å²) < 4.78 is 4.86. The molecular weight excluding hydrogens is 310 g/mol. The highest BCUT2D eigenvalue weighted by Crippen LogP contribution is 2.17. The van der Waals surface area contributed by atoms with Crippen LogP contribution in [0.25, 0.3) is 0 Å². The highest BCUT2D eigenvalue weighted by molar-refractivity contribution is 6.04. The van der Waals surface area contributed by atoms with Crippen LogP contribution in [0.3, 0.4) is 0 Å². The molecule has 1 aromatic carbocycles. The largest absolute Gasteiger partial charge is 0.383 e. The first-order valence-corrected chi connectivity index (χ1v) is 7.88. The summed E-state index contributed by atoms with van der Waals surface area (Å²) in [5.74, 6) is -0.617. The Morgan fingerprint density at radius 2 is 2.08 bits per heavy atom. The first kappa shape index (κ1) is 17.9. The number of nitrogens with one attached hydrogen (secondary N) is 2. The van der Waals surface area contributed by atoms with Crippen molar-refractivity contribution in [3.63, 3.8) is 0 Å². The molecule has 1 aliphatic heterocycles. The number of aryl methyl sites for hydroxylation is 1. The maximum Gasteiger partial charge on any atom is 0.264 e. The van der Waals surface area contributed by atoms with Crippen molar-refractivity contribution >= 4 is 17.5 Å². The van der Waals surface area contributed by atoms with E-state index in [9.17, 15) is 9.59 Å². The van der Waals surface area contributed by atoms with Gasteiger partial charge in [0.2, 0.25) is 12.0 Å². The van der Waals surface area contributed by atoms with Crippen molar-refractivity contribution in [2.45, 2.75) is 32.4 Å². The van der Waals surface area contributed by atoms with Crippen LogP contribution >= 0.6 is 0 Å². The van der Waals surface area contributed by atoms with Crippen LogP contribution in [0.5, 0.6) is 0 Å². The average Bonchev–Trinajstić information content (AvgIpc) is 3.05. The predicted octanol–water partition coefficient (Wildman–Crippen LogP) is 0.755. The van der Waals surface area contributed by atoms with E-state index in [1.165, 1.54) is 0 Å². The minimum absolute atomic E-state index is 0.266. The average molecular weight is 333 g/mol. The molecule has 1 heterocycles. The van der Waals surface area contributed by atoms with Gasteiger partial charge in [-0.05, 0) is 19.4 Å². The number of rotatable bonds is 7. The van der Waals surface area contributed by atoms with Gasteiger partial charge < -0.3 is 20.2 Å². The van der Waals surface area contributed by atoms with Crippen molar-refractivity contribution < 1.29 is 19.2 Å². The minimum atomic E-state index is -0.712. The zero-order valence-corrected chi connectivity index (χ0v) is 14.2. The number of hydrogen-bond donors (Lipinski definition) is 2. The molecule has 7 heteroatoms. The molecule has 0 radical (unpaired) electrons. The normalized spacial score (nSPS) is 17.6. The van der Waals surface area contributed by atoms with E-state index in [0.717, 1.165) is 16.8 Å². The zero-order chi connectivity index (χ0) is 17.5. The Kier molecular flexibility index (Phi) is 6.31. The summed E-state index contributed by atoms with van der Waals surface area (Å²) in [5, 5.41) is 9.30. The lowest BCUT2D eigenvalue weighted by molar-refractivity contribution is -0.135. The van der Waals surface area contributed by atoms with Gasteiger partial charge in [-0.2, -0.15) is 0 Å². The lowest BCUT2D eigenvalue weighted by atomic mass is 10.0. The molecule has 7 nitrogen and oxygen atoms in total. The summed E-state index contributed by atoms with van der Waals surface area (Å²) in [4.78, 5) is 29.3. The van der Waals surface area contributed by atoms with Gasteiger partial charge in [0, 0.05) is 20.1 Å². The molecule has 2 rings (SSSR count). The second kappa shape index (κ2) is 8.44. The Morgan fingerprint density at radius 3 is 2.75 bits per heavy atom. The van der Waals surface area contributed by atoms with Crippen molar-refractivity contribution in [2.75, 3.05) is 20.3 Å². The molecule has 2 atom stereocenters. The van der Waals surface area contributed by atoms with E-state index >= 15 is 0 Å². The van der Waals surface area contributed by atoms with Gasteiger partial charge in [0.15, 0.2) is 0 Å². The van der Waals surface area contributed by atoms with E-state index in [-0.39, 0.29) is 11.8 Å². The van der Waals surface area contributed by atoms with Crippen molar-refractivity contribution in [3.8, 4) is 0 Å². The molecule has 0 bridgehead atoms. The third-order valence-electron chi connectivity index (χ3n) is 3.70. The number of benzene rings is 1. The highest BCUT2D eigenvalue weighted by atomic mass is 16.6. The Hall–Kier alpha value is -2.41. The number of ether oxygens (including phenoxy) is 1. The Bertz CT molecular complexity index is 613. The van der Waals surface area contributed by atoms with Crippen molar-refractivity contribution in [2.24, 2.45) is 5.16 Å². The molecule has 0 unspecified atom stereocenters. The fourth-order valence-corrected chi connectivity index (χ4v) is 2.24. The van der Waals surface area contributed by atoms with E-state index in [4.69, 9.17) is 9.57 Å². The van der Waals surface area contributed by atoms with E-state index in [1.807, 2.05) is 31.2 Å². The van der Waals surface area contributed by atoms with Crippen LogP contribution in [0.1, 0.15) is 24.5 Å². The number of oxime groups is 1. The summed E-state index contributed by atoms with van der Waals surface area (Å²) >= 11 is 0. The van der Waals surface area contributed by atoms with Crippen LogP contribution in [-0.2, 0) is 19.2 Å². The van der Waals surface area contributed by atoms with Crippen molar-refractivity contribution in [1.82, 2.24) is 10.6 Å². The standard InChI is InChI=1S/C17H23N3O4/c1-11-4-6-13(7-5-11)14-10-15(24-20-14)17(22)19-12(2)16(21)18-8-9-23-3/h4-7,12,15H,8-10H2,1-3H3,(H,18,21)(H,19,22)/t12-,15+/m0/s1. The number of carbonyl (C=O) groups is 2. The van der Waals surface area contributed by atoms with Crippen LogP contribution in [0.4, 0.5) is 0 Å². The van der Waals surface area contributed by atoms with E-state index in [2.05, 4.69) is 15.8 Å². The number of amides is 2. The molecule has 0 fully saturated rings. The maximum absolute atomic E-state index is 12.2. The minimum Gasteiger partial charge on any atom is -0.383 e. The molecule has 130 valence electrons. The van der Waals surface area contributed by atoms with Crippen LogP contribution in [-0.4, -0.2) is 49.9 Å². The highest BCUT2D eigenvalue weighted by Gasteiger charge is 2.30. The van der Waals surface area contributed by atoms with E-state index < -0.39 is 12.1 Å². The topological polar surface area (TPSA) is 89.0 Å². The summed E-state index contributed by atoms with van der Waals surface area (Å²) in [6, 6.07) is 7.21. The third kappa shape index (κ3) is 4.79. The first-order chi connectivity index (χ1) is 11.5.